The minimum absolute atomic E-state index is 0.103. The van der Waals surface area contributed by atoms with Crippen molar-refractivity contribution in [3.8, 4) is 0 Å². The molecule has 0 radical (unpaired) electrons. The Morgan fingerprint density at radius 3 is 2.37 bits per heavy atom. The van der Waals surface area contributed by atoms with Gasteiger partial charge in [-0.2, -0.15) is 0 Å². The average Bonchev–Trinajstić information content (AvgIpc) is 3.08. The number of hydrazine groups is 1. The lowest BCUT2D eigenvalue weighted by Crippen LogP contribution is -2.41. The zero-order valence-electron chi connectivity index (χ0n) is 14.6. The lowest BCUT2D eigenvalue weighted by atomic mass is 10.1. The second-order valence-corrected chi connectivity index (χ2v) is 7.20. The van der Waals surface area contributed by atoms with E-state index in [0.717, 1.165) is 38.8 Å². The largest absolute Gasteiger partial charge is 0.366 e. The molecule has 2 amide bonds. The second kappa shape index (κ2) is 8.63. The molecule has 2 N–H and O–H groups in total. The summed E-state index contributed by atoms with van der Waals surface area (Å²) in [6, 6.07) is 7.77. The van der Waals surface area contributed by atoms with Gasteiger partial charge in [0.05, 0.1) is 9.80 Å². The highest BCUT2D eigenvalue weighted by Crippen LogP contribution is 2.31. The zero-order valence-corrected chi connectivity index (χ0v) is 15.5. The molecule has 0 saturated carbocycles. The maximum absolute atomic E-state index is 12.3. The van der Waals surface area contributed by atoms with E-state index in [1.54, 1.807) is 29.6 Å². The van der Waals surface area contributed by atoms with Crippen molar-refractivity contribution in [2.75, 3.05) is 18.0 Å². The summed E-state index contributed by atoms with van der Waals surface area (Å²) in [6.07, 6.45) is 4.23. The van der Waals surface area contributed by atoms with Gasteiger partial charge >= 0.3 is 0 Å². The summed E-state index contributed by atoms with van der Waals surface area (Å²) in [4.78, 5) is 37.7. The SMILES string of the molecule is O=C(NNC(=O)c1cccs1)c1ccc(N2CCCCCC2)c([N+](=O)[O-])c1. The monoisotopic (exact) mass is 388 g/mol. The third kappa shape index (κ3) is 4.62. The summed E-state index contributed by atoms with van der Waals surface area (Å²) in [5, 5.41) is 13.3. The van der Waals surface area contributed by atoms with E-state index >= 15 is 0 Å². The van der Waals surface area contributed by atoms with Crippen LogP contribution in [-0.4, -0.2) is 29.8 Å². The fourth-order valence-electron chi connectivity index (χ4n) is 3.04. The first-order valence-electron chi connectivity index (χ1n) is 8.74. The number of carbonyl (C=O) groups is 2. The van der Waals surface area contributed by atoms with Gasteiger partial charge in [-0.25, -0.2) is 0 Å². The van der Waals surface area contributed by atoms with Gasteiger partial charge in [0, 0.05) is 24.7 Å². The number of anilines is 1. The van der Waals surface area contributed by atoms with Gasteiger partial charge in [-0.05, 0) is 36.4 Å². The van der Waals surface area contributed by atoms with Crippen LogP contribution in [-0.2, 0) is 0 Å². The molecular weight excluding hydrogens is 368 g/mol. The van der Waals surface area contributed by atoms with E-state index in [4.69, 9.17) is 0 Å². The number of amides is 2. The lowest BCUT2D eigenvalue weighted by molar-refractivity contribution is -0.384. The molecule has 1 aliphatic rings. The van der Waals surface area contributed by atoms with Crippen molar-refractivity contribution in [2.24, 2.45) is 0 Å². The van der Waals surface area contributed by atoms with Crippen molar-refractivity contribution < 1.29 is 14.5 Å². The Balaban J connectivity index is 1.73. The van der Waals surface area contributed by atoms with Gasteiger partial charge in [0.25, 0.3) is 17.5 Å². The summed E-state index contributed by atoms with van der Waals surface area (Å²) in [7, 11) is 0. The maximum Gasteiger partial charge on any atom is 0.293 e. The summed E-state index contributed by atoms with van der Waals surface area (Å²) in [6.45, 7) is 1.53. The first-order valence-corrected chi connectivity index (χ1v) is 9.62. The molecule has 27 heavy (non-hydrogen) atoms. The van der Waals surface area contributed by atoms with Crippen molar-refractivity contribution in [3.05, 3.63) is 56.3 Å². The first-order chi connectivity index (χ1) is 13.1. The van der Waals surface area contributed by atoms with Crippen molar-refractivity contribution in [2.45, 2.75) is 25.7 Å². The summed E-state index contributed by atoms with van der Waals surface area (Å²) in [5.41, 5.74) is 5.15. The number of nitro benzene ring substituents is 1. The molecule has 8 nitrogen and oxygen atoms in total. The van der Waals surface area contributed by atoms with Crippen LogP contribution in [0, 0.1) is 10.1 Å². The van der Waals surface area contributed by atoms with Crippen LogP contribution >= 0.6 is 11.3 Å². The van der Waals surface area contributed by atoms with Crippen LogP contribution in [0.2, 0.25) is 0 Å². The predicted octanol–water partition coefficient (Wildman–Crippen LogP) is 3.11. The topological polar surface area (TPSA) is 105 Å². The number of nitro groups is 1. The molecule has 1 aliphatic heterocycles. The number of benzene rings is 1. The van der Waals surface area contributed by atoms with E-state index in [1.807, 2.05) is 4.90 Å². The molecule has 0 aliphatic carbocycles. The fraction of sp³-hybridized carbons (Fsp3) is 0.333. The van der Waals surface area contributed by atoms with E-state index in [-0.39, 0.29) is 11.3 Å². The quantitative estimate of drug-likeness (QED) is 0.618. The van der Waals surface area contributed by atoms with E-state index in [1.165, 1.54) is 17.4 Å². The normalized spacial score (nSPS) is 14.3. The number of rotatable bonds is 4. The highest BCUT2D eigenvalue weighted by molar-refractivity contribution is 7.12. The van der Waals surface area contributed by atoms with Crippen LogP contribution in [0.4, 0.5) is 11.4 Å². The fourth-order valence-corrected chi connectivity index (χ4v) is 3.66. The Kier molecular flexibility index (Phi) is 6.02. The first kappa shape index (κ1) is 18.8. The van der Waals surface area contributed by atoms with Crippen LogP contribution in [0.25, 0.3) is 0 Å². The Morgan fingerprint density at radius 2 is 1.74 bits per heavy atom. The Labute approximate surface area is 160 Å². The highest BCUT2D eigenvalue weighted by Gasteiger charge is 2.23. The lowest BCUT2D eigenvalue weighted by Gasteiger charge is -2.22. The average molecular weight is 388 g/mol. The molecule has 1 aromatic heterocycles. The van der Waals surface area contributed by atoms with E-state index < -0.39 is 16.7 Å². The van der Waals surface area contributed by atoms with Gasteiger partial charge in [-0.1, -0.05) is 18.9 Å². The molecule has 2 heterocycles. The Morgan fingerprint density at radius 1 is 1.04 bits per heavy atom. The summed E-state index contributed by atoms with van der Waals surface area (Å²) in [5.74, 6) is -1.04. The van der Waals surface area contributed by atoms with Gasteiger partial charge in [0.2, 0.25) is 0 Å². The van der Waals surface area contributed by atoms with E-state index in [0.29, 0.717) is 10.6 Å². The molecule has 0 spiro atoms. The zero-order chi connectivity index (χ0) is 19.2. The third-order valence-corrected chi connectivity index (χ3v) is 5.28. The van der Waals surface area contributed by atoms with E-state index in [2.05, 4.69) is 10.9 Å². The molecule has 1 aromatic carbocycles. The van der Waals surface area contributed by atoms with Crippen LogP contribution < -0.4 is 15.8 Å². The number of thiophene rings is 1. The maximum atomic E-state index is 12.3. The number of nitrogens with zero attached hydrogens (tertiary/aromatic N) is 2. The summed E-state index contributed by atoms with van der Waals surface area (Å²) < 4.78 is 0. The number of hydrogen-bond acceptors (Lipinski definition) is 6. The van der Waals surface area contributed by atoms with Gasteiger partial charge in [-0.15, -0.1) is 11.3 Å². The van der Waals surface area contributed by atoms with Crippen molar-refractivity contribution in [3.63, 3.8) is 0 Å². The van der Waals surface area contributed by atoms with Gasteiger partial charge in [0.1, 0.15) is 5.69 Å². The van der Waals surface area contributed by atoms with Crippen LogP contribution in [0.15, 0.2) is 35.7 Å². The second-order valence-electron chi connectivity index (χ2n) is 6.25. The van der Waals surface area contributed by atoms with Crippen LogP contribution in [0.5, 0.6) is 0 Å². The van der Waals surface area contributed by atoms with Gasteiger partial charge < -0.3 is 4.90 Å². The summed E-state index contributed by atoms with van der Waals surface area (Å²) >= 11 is 1.25. The number of hydrogen-bond donors (Lipinski definition) is 2. The standard InChI is InChI=1S/C18H20N4O4S/c23-17(19-20-18(24)16-6-5-11-27-16)13-7-8-14(15(12-13)22(25)26)21-9-3-1-2-4-10-21/h5-8,11-12H,1-4,9-10H2,(H,19,23)(H,20,24). The molecular formula is C18H20N4O4S. The molecule has 142 valence electrons. The third-order valence-electron chi connectivity index (χ3n) is 4.42. The van der Waals surface area contributed by atoms with Crippen LogP contribution in [0.1, 0.15) is 45.7 Å². The van der Waals surface area contributed by atoms with Gasteiger partial charge in [-0.3, -0.25) is 30.6 Å². The molecule has 9 heteroatoms. The molecule has 0 atom stereocenters. The molecule has 3 rings (SSSR count). The Hall–Kier alpha value is -2.94. The molecule has 2 aromatic rings. The number of carbonyl (C=O) groups excluding carboxylic acids is 2. The smallest absolute Gasteiger partial charge is 0.293 e. The molecule has 0 unspecified atom stereocenters. The minimum atomic E-state index is -0.606. The Bertz CT molecular complexity index is 830. The van der Waals surface area contributed by atoms with E-state index in [9.17, 15) is 19.7 Å². The molecule has 1 fully saturated rings. The van der Waals surface area contributed by atoms with Crippen molar-refractivity contribution >= 4 is 34.5 Å². The van der Waals surface area contributed by atoms with Crippen molar-refractivity contribution in [1.82, 2.24) is 10.9 Å². The molecule has 1 saturated heterocycles. The van der Waals surface area contributed by atoms with Crippen molar-refractivity contribution in [1.29, 1.82) is 0 Å². The predicted molar refractivity (Wildman–Crippen MR) is 103 cm³/mol. The molecule has 0 bridgehead atoms. The number of nitrogens with one attached hydrogen (secondary N) is 2. The minimum Gasteiger partial charge on any atom is -0.366 e. The van der Waals surface area contributed by atoms with Gasteiger partial charge in [0.15, 0.2) is 0 Å². The highest BCUT2D eigenvalue weighted by atomic mass is 32.1. The van der Waals surface area contributed by atoms with Crippen LogP contribution in [0.3, 0.4) is 0 Å².